The predicted octanol–water partition coefficient (Wildman–Crippen LogP) is 4.29. The van der Waals surface area contributed by atoms with E-state index in [0.717, 1.165) is 0 Å². The number of aromatic amines is 1. The van der Waals surface area contributed by atoms with Crippen molar-refractivity contribution < 1.29 is 30.4 Å². The fraction of sp³-hybridized carbons (Fsp3) is 0.440. The molecule has 1 atom stereocenters. The summed E-state index contributed by atoms with van der Waals surface area (Å²) >= 11 is 12.4. The molecule has 1 fully saturated rings. The zero-order valence-electron chi connectivity index (χ0n) is 21.5. The number of aromatic nitrogens is 2. The molecule has 1 saturated heterocycles. The summed E-state index contributed by atoms with van der Waals surface area (Å²) in [6.45, 7) is 0.482. The molecule has 3 aromatic rings. The second kappa shape index (κ2) is 12.0. The molecule has 8 nitrogen and oxygen atoms in total. The number of likely N-dealkylation sites (tertiary alicyclic amines) is 1. The van der Waals surface area contributed by atoms with E-state index in [2.05, 4.69) is 10.3 Å². The number of hydrogen-bond acceptors (Lipinski definition) is 6. The van der Waals surface area contributed by atoms with Crippen LogP contribution in [0.2, 0.25) is 10.0 Å². The molecular weight excluding hydrogens is 618 g/mol. The Morgan fingerprint density at radius 2 is 1.85 bits per heavy atom. The van der Waals surface area contributed by atoms with Crippen molar-refractivity contribution in [3.63, 3.8) is 0 Å². The second-order valence-electron chi connectivity index (χ2n) is 9.63. The largest absolute Gasteiger partial charge is 0.416 e. The topological polar surface area (TPSA) is 104 Å². The first kappa shape index (κ1) is 31.4. The maximum atomic E-state index is 14.2. The summed E-state index contributed by atoms with van der Waals surface area (Å²) in [6.07, 6.45) is -7.07. The van der Waals surface area contributed by atoms with Crippen LogP contribution >= 0.6 is 23.2 Å². The molecule has 41 heavy (non-hydrogen) atoms. The summed E-state index contributed by atoms with van der Waals surface area (Å²) in [5, 5.41) is 1.79. The van der Waals surface area contributed by atoms with Gasteiger partial charge in [-0.15, -0.1) is 0 Å². The molecule has 2 heterocycles. The van der Waals surface area contributed by atoms with Crippen LogP contribution in [0.15, 0.2) is 38.8 Å². The number of halogens is 7. The number of hydrogen-bond donors (Lipinski definition) is 2. The van der Waals surface area contributed by atoms with Crippen LogP contribution in [0.5, 0.6) is 0 Å². The van der Waals surface area contributed by atoms with Gasteiger partial charge in [-0.3, -0.25) is 14.3 Å². The Labute approximate surface area is 241 Å². The molecule has 1 aromatic heterocycles. The minimum Gasteiger partial charge on any atom is -0.307 e. The summed E-state index contributed by atoms with van der Waals surface area (Å²) in [4.78, 5) is 30.2. The van der Waals surface area contributed by atoms with Gasteiger partial charge in [0.25, 0.3) is 12.0 Å². The quantitative estimate of drug-likeness (QED) is 0.338. The standard InChI is InChI=1S/C25H25Cl2F5N4O4S/c1-2-41(39,40)19-4-3-14(26)7-13(19)10-36-23(37)16-8-18(25(30,31)32)17(21(27)22(16)34-24(36)38)12-35-6-5-15(11-35)33-9-20(28)29/h3-4,7-8,15,20,33H,2,5-6,9-12H2,1H3,(H,34,38)/t15-/m1/s1. The molecule has 0 radical (unpaired) electrons. The van der Waals surface area contributed by atoms with Gasteiger partial charge in [-0.2, -0.15) is 13.2 Å². The molecule has 16 heteroatoms. The second-order valence-corrected chi connectivity index (χ2v) is 12.7. The first-order valence-electron chi connectivity index (χ1n) is 12.4. The Morgan fingerprint density at radius 3 is 2.49 bits per heavy atom. The number of benzene rings is 2. The van der Waals surface area contributed by atoms with Crippen LogP contribution in [0.3, 0.4) is 0 Å². The molecule has 2 N–H and O–H groups in total. The lowest BCUT2D eigenvalue weighted by atomic mass is 10.0. The molecular formula is C25H25Cl2F5N4O4S. The van der Waals surface area contributed by atoms with Crippen molar-refractivity contribution >= 4 is 43.9 Å². The highest BCUT2D eigenvalue weighted by Crippen LogP contribution is 2.39. The van der Waals surface area contributed by atoms with Crippen molar-refractivity contribution in [1.82, 2.24) is 19.8 Å². The van der Waals surface area contributed by atoms with Crippen LogP contribution in [0.1, 0.15) is 30.0 Å². The van der Waals surface area contributed by atoms with E-state index in [1.807, 2.05) is 0 Å². The van der Waals surface area contributed by atoms with Gasteiger partial charge >= 0.3 is 11.9 Å². The molecule has 0 saturated carbocycles. The molecule has 1 aliphatic rings. The molecule has 4 rings (SSSR count). The van der Waals surface area contributed by atoms with Crippen LogP contribution in [0, 0.1) is 0 Å². The fourth-order valence-corrected chi connectivity index (χ4v) is 6.48. The Balaban J connectivity index is 1.79. The lowest BCUT2D eigenvalue weighted by Crippen LogP contribution is -2.36. The van der Waals surface area contributed by atoms with E-state index in [9.17, 15) is 40.0 Å². The van der Waals surface area contributed by atoms with E-state index in [1.54, 1.807) is 4.90 Å². The summed E-state index contributed by atoms with van der Waals surface area (Å²) in [6, 6.07) is 4.08. The third kappa shape index (κ3) is 6.77. The van der Waals surface area contributed by atoms with Gasteiger partial charge in [0.2, 0.25) is 0 Å². The summed E-state index contributed by atoms with van der Waals surface area (Å²) < 4.78 is 93.4. The molecule has 224 valence electrons. The lowest BCUT2D eigenvalue weighted by molar-refractivity contribution is -0.138. The first-order valence-corrected chi connectivity index (χ1v) is 14.8. The van der Waals surface area contributed by atoms with Crippen LogP contribution < -0.4 is 16.6 Å². The smallest absolute Gasteiger partial charge is 0.307 e. The van der Waals surface area contributed by atoms with Gasteiger partial charge < -0.3 is 10.3 Å². The van der Waals surface area contributed by atoms with E-state index in [4.69, 9.17) is 23.2 Å². The molecule has 0 unspecified atom stereocenters. The molecule has 0 aliphatic carbocycles. The van der Waals surface area contributed by atoms with Crippen LogP contribution in [-0.4, -0.2) is 60.7 Å². The number of nitrogens with one attached hydrogen (secondary N) is 2. The third-order valence-electron chi connectivity index (χ3n) is 6.91. The average molecular weight is 643 g/mol. The number of alkyl halides is 5. The van der Waals surface area contributed by atoms with E-state index in [0.29, 0.717) is 23.6 Å². The zero-order valence-corrected chi connectivity index (χ0v) is 23.8. The molecule has 0 amide bonds. The third-order valence-corrected chi connectivity index (χ3v) is 9.39. The predicted molar refractivity (Wildman–Crippen MR) is 145 cm³/mol. The Kier molecular flexibility index (Phi) is 9.19. The van der Waals surface area contributed by atoms with E-state index in [1.165, 1.54) is 25.1 Å². The van der Waals surface area contributed by atoms with Gasteiger partial charge in [0.15, 0.2) is 9.84 Å². The van der Waals surface area contributed by atoms with E-state index >= 15 is 0 Å². The number of H-pyrrole nitrogens is 1. The minimum absolute atomic E-state index is 0.00843. The van der Waals surface area contributed by atoms with Crippen LogP contribution in [-0.2, 0) is 29.1 Å². The number of sulfone groups is 1. The maximum Gasteiger partial charge on any atom is 0.416 e. The van der Waals surface area contributed by atoms with Gasteiger partial charge in [0.05, 0.1) is 45.2 Å². The van der Waals surface area contributed by atoms with Gasteiger partial charge in [-0.05, 0) is 41.8 Å². The summed E-state index contributed by atoms with van der Waals surface area (Å²) in [7, 11) is -3.80. The van der Waals surface area contributed by atoms with Crippen molar-refractivity contribution in [3.05, 3.63) is 71.8 Å². The van der Waals surface area contributed by atoms with Crippen molar-refractivity contribution in [2.45, 2.75) is 50.0 Å². The summed E-state index contributed by atoms with van der Waals surface area (Å²) in [5.74, 6) is -0.280. The van der Waals surface area contributed by atoms with Crippen LogP contribution in [0.4, 0.5) is 22.0 Å². The van der Waals surface area contributed by atoms with Gasteiger partial charge in [0, 0.05) is 30.7 Å². The van der Waals surface area contributed by atoms with E-state index in [-0.39, 0.29) is 51.4 Å². The Hall–Kier alpha value is -2.52. The number of rotatable bonds is 9. The highest BCUT2D eigenvalue weighted by Gasteiger charge is 2.37. The van der Waals surface area contributed by atoms with Crippen LogP contribution in [0.25, 0.3) is 10.9 Å². The molecule has 0 spiro atoms. The van der Waals surface area contributed by atoms with Crippen molar-refractivity contribution in [2.75, 3.05) is 25.4 Å². The maximum absolute atomic E-state index is 14.2. The number of nitrogens with zero attached hydrogens (tertiary/aromatic N) is 2. The monoisotopic (exact) mass is 642 g/mol. The van der Waals surface area contributed by atoms with Gasteiger partial charge in [-0.1, -0.05) is 30.1 Å². The van der Waals surface area contributed by atoms with Crippen molar-refractivity contribution in [3.8, 4) is 0 Å². The lowest BCUT2D eigenvalue weighted by Gasteiger charge is -2.22. The summed E-state index contributed by atoms with van der Waals surface area (Å²) in [5.41, 5.74) is -3.99. The average Bonchev–Trinajstić information content (AvgIpc) is 3.34. The molecule has 0 bridgehead atoms. The number of fused-ring (bicyclic) bond motifs is 1. The van der Waals surface area contributed by atoms with Crippen molar-refractivity contribution in [2.24, 2.45) is 0 Å². The van der Waals surface area contributed by atoms with Crippen molar-refractivity contribution in [1.29, 1.82) is 0 Å². The highest BCUT2D eigenvalue weighted by atomic mass is 35.5. The SMILES string of the molecule is CCS(=O)(=O)c1ccc(Cl)cc1Cn1c(=O)[nH]c2c(Cl)c(CN3CC[C@@H](NCC(F)F)C3)c(C(F)(F)F)cc2c1=O. The fourth-order valence-electron chi connectivity index (χ4n) is 4.87. The highest BCUT2D eigenvalue weighted by molar-refractivity contribution is 7.91. The molecule has 1 aliphatic heterocycles. The first-order chi connectivity index (χ1) is 19.1. The Morgan fingerprint density at radius 1 is 1.15 bits per heavy atom. The Bertz CT molecular complexity index is 1690. The zero-order chi connectivity index (χ0) is 30.3. The van der Waals surface area contributed by atoms with Gasteiger partial charge in [-0.25, -0.2) is 22.0 Å². The minimum atomic E-state index is -4.93. The van der Waals surface area contributed by atoms with E-state index < -0.39 is 62.7 Å². The van der Waals surface area contributed by atoms with Gasteiger partial charge in [0.1, 0.15) is 0 Å². The molecule has 2 aromatic carbocycles. The normalized spacial score (nSPS) is 16.8.